The van der Waals surface area contributed by atoms with Crippen LogP contribution in [0.4, 0.5) is 10.8 Å². The Bertz CT molecular complexity index is 1110. The molecule has 0 saturated heterocycles. The third kappa shape index (κ3) is 4.14. The average Bonchev–Trinajstić information content (AvgIpc) is 3.32. The third-order valence-corrected chi connectivity index (χ3v) is 6.14. The number of benzene rings is 2. The molecule has 0 bridgehead atoms. The number of nitrogens with zero attached hydrogens (tertiary/aromatic N) is 3. The molecule has 0 aliphatic heterocycles. The van der Waals surface area contributed by atoms with Gasteiger partial charge < -0.3 is 0 Å². The molecule has 28 heavy (non-hydrogen) atoms. The van der Waals surface area contributed by atoms with Crippen molar-refractivity contribution in [3.8, 4) is 10.6 Å². The molecule has 0 spiro atoms. The molecule has 4 aromatic rings. The molecule has 2 aromatic heterocycles. The average molecular weight is 426 g/mol. The van der Waals surface area contributed by atoms with Crippen molar-refractivity contribution in [1.29, 1.82) is 0 Å². The number of carbonyl (C=O) groups excluding carboxylic acids is 1. The van der Waals surface area contributed by atoms with Crippen LogP contribution < -0.4 is 4.90 Å². The van der Waals surface area contributed by atoms with Crippen LogP contribution in [-0.4, -0.2) is 15.9 Å². The summed E-state index contributed by atoms with van der Waals surface area (Å²) in [5, 5.41) is 6.05. The van der Waals surface area contributed by atoms with Crippen LogP contribution in [0.5, 0.6) is 0 Å². The summed E-state index contributed by atoms with van der Waals surface area (Å²) < 4.78 is 0. The van der Waals surface area contributed by atoms with Crippen molar-refractivity contribution in [2.24, 2.45) is 0 Å². The number of amides is 1. The molecule has 140 valence electrons. The lowest BCUT2D eigenvalue weighted by Gasteiger charge is -2.19. The second kappa shape index (κ2) is 8.22. The highest BCUT2D eigenvalue weighted by Crippen LogP contribution is 2.30. The Balaban J connectivity index is 1.60. The van der Waals surface area contributed by atoms with E-state index in [1.807, 2.05) is 72.3 Å². The van der Waals surface area contributed by atoms with Gasteiger partial charge in [-0.15, -0.1) is 22.7 Å². The quantitative estimate of drug-likeness (QED) is 0.386. The topological polar surface area (TPSA) is 46.1 Å². The zero-order valence-electron chi connectivity index (χ0n) is 15.0. The highest BCUT2D eigenvalue weighted by atomic mass is 35.5. The predicted octanol–water partition coefficient (Wildman–Crippen LogP) is 6.14. The number of thiazole rings is 2. The number of hydrogen-bond donors (Lipinski definition) is 0. The van der Waals surface area contributed by atoms with E-state index in [-0.39, 0.29) is 12.3 Å². The number of rotatable bonds is 5. The van der Waals surface area contributed by atoms with Crippen LogP contribution in [-0.2, 0) is 11.2 Å². The van der Waals surface area contributed by atoms with E-state index in [4.69, 9.17) is 11.6 Å². The van der Waals surface area contributed by atoms with Gasteiger partial charge in [0.25, 0.3) is 0 Å². The molecule has 0 aliphatic carbocycles. The van der Waals surface area contributed by atoms with Gasteiger partial charge in [0, 0.05) is 21.3 Å². The van der Waals surface area contributed by atoms with Gasteiger partial charge in [-0.25, -0.2) is 9.97 Å². The summed E-state index contributed by atoms with van der Waals surface area (Å²) >= 11 is 9.04. The van der Waals surface area contributed by atoms with E-state index in [0.717, 1.165) is 27.6 Å². The summed E-state index contributed by atoms with van der Waals surface area (Å²) in [6.07, 6.45) is 0.199. The van der Waals surface area contributed by atoms with Crippen molar-refractivity contribution >= 4 is 51.0 Å². The lowest BCUT2D eigenvalue weighted by Crippen LogP contribution is -2.27. The van der Waals surface area contributed by atoms with Crippen LogP contribution in [0.1, 0.15) is 11.4 Å². The molecule has 0 atom stereocenters. The summed E-state index contributed by atoms with van der Waals surface area (Å²) in [6, 6.07) is 17.1. The second-order valence-corrected chi connectivity index (χ2v) is 8.30. The van der Waals surface area contributed by atoms with Gasteiger partial charge in [-0.2, -0.15) is 0 Å². The first-order valence-corrected chi connectivity index (χ1v) is 10.7. The van der Waals surface area contributed by atoms with Crippen LogP contribution >= 0.6 is 34.3 Å². The summed E-state index contributed by atoms with van der Waals surface area (Å²) in [5.74, 6) is -0.0662. The predicted molar refractivity (Wildman–Crippen MR) is 117 cm³/mol. The lowest BCUT2D eigenvalue weighted by molar-refractivity contribution is -0.117. The van der Waals surface area contributed by atoms with Crippen molar-refractivity contribution in [1.82, 2.24) is 9.97 Å². The Labute approximate surface area is 176 Å². The lowest BCUT2D eigenvalue weighted by atomic mass is 10.2. The standard InChI is InChI=1S/C21H16ClN3OS2/c1-14-12-28-21(23-14)25(18-8-3-2-4-9-18)19(26)11-17-13-27-20(24-17)15-6-5-7-16(22)10-15/h2-10,12-13H,11H2,1H3. The maximum Gasteiger partial charge on any atom is 0.239 e. The molecule has 0 unspecified atom stereocenters. The molecule has 2 heterocycles. The zero-order chi connectivity index (χ0) is 19.5. The van der Waals surface area contributed by atoms with Crippen LogP contribution in [0, 0.1) is 6.92 Å². The van der Waals surface area contributed by atoms with Crippen molar-refractivity contribution in [2.45, 2.75) is 13.3 Å². The maximum atomic E-state index is 13.2. The van der Waals surface area contributed by atoms with Crippen LogP contribution in [0.2, 0.25) is 5.02 Å². The second-order valence-electron chi connectivity index (χ2n) is 6.17. The van der Waals surface area contributed by atoms with E-state index in [2.05, 4.69) is 9.97 Å². The molecule has 4 rings (SSSR count). The van der Waals surface area contributed by atoms with Crippen molar-refractivity contribution in [3.05, 3.63) is 81.8 Å². The number of para-hydroxylation sites is 1. The molecule has 0 saturated carbocycles. The number of anilines is 2. The van der Waals surface area contributed by atoms with Gasteiger partial charge in [0.05, 0.1) is 23.5 Å². The number of aryl methyl sites for hydroxylation is 1. The number of carbonyl (C=O) groups is 1. The fourth-order valence-electron chi connectivity index (χ4n) is 2.76. The highest BCUT2D eigenvalue weighted by molar-refractivity contribution is 7.14. The Morgan fingerprint density at radius 2 is 1.86 bits per heavy atom. The first-order valence-electron chi connectivity index (χ1n) is 8.60. The van der Waals surface area contributed by atoms with E-state index in [1.165, 1.54) is 22.7 Å². The van der Waals surface area contributed by atoms with Gasteiger partial charge >= 0.3 is 0 Å². The third-order valence-electron chi connectivity index (χ3n) is 4.02. The summed E-state index contributed by atoms with van der Waals surface area (Å²) in [7, 11) is 0. The van der Waals surface area contributed by atoms with Gasteiger partial charge in [-0.05, 0) is 31.2 Å². The molecule has 2 aromatic carbocycles. The molecular formula is C21H16ClN3OS2. The molecule has 7 heteroatoms. The van der Waals surface area contributed by atoms with Gasteiger partial charge in [0.1, 0.15) is 5.01 Å². The smallest absolute Gasteiger partial charge is 0.239 e. The van der Waals surface area contributed by atoms with Crippen molar-refractivity contribution in [3.63, 3.8) is 0 Å². The SMILES string of the molecule is Cc1csc(N(C(=O)Cc2csc(-c3cccc(Cl)c3)n2)c2ccccc2)n1. The Kier molecular flexibility index (Phi) is 5.52. The van der Waals surface area contributed by atoms with E-state index in [0.29, 0.717) is 10.2 Å². The summed E-state index contributed by atoms with van der Waals surface area (Å²) in [6.45, 7) is 1.92. The normalized spacial score (nSPS) is 10.8. The van der Waals surface area contributed by atoms with Crippen molar-refractivity contribution in [2.75, 3.05) is 4.90 Å². The van der Waals surface area contributed by atoms with Crippen LogP contribution in [0.25, 0.3) is 10.6 Å². The maximum absolute atomic E-state index is 13.2. The van der Waals surface area contributed by atoms with Crippen molar-refractivity contribution < 1.29 is 4.79 Å². The number of halogens is 1. The molecule has 0 aliphatic rings. The number of hydrogen-bond acceptors (Lipinski definition) is 5. The first-order chi connectivity index (χ1) is 13.6. The van der Waals surface area contributed by atoms with Crippen LogP contribution in [0.15, 0.2) is 65.4 Å². The Hall–Kier alpha value is -2.54. The van der Waals surface area contributed by atoms with Gasteiger partial charge in [0.15, 0.2) is 5.13 Å². The minimum Gasteiger partial charge on any atom is -0.274 e. The fraction of sp³-hybridized carbons (Fsp3) is 0.0952. The monoisotopic (exact) mass is 425 g/mol. The zero-order valence-corrected chi connectivity index (χ0v) is 17.4. The molecule has 0 N–H and O–H groups in total. The van der Waals surface area contributed by atoms with E-state index in [9.17, 15) is 4.79 Å². The Morgan fingerprint density at radius 1 is 1.04 bits per heavy atom. The molecular weight excluding hydrogens is 410 g/mol. The van der Waals surface area contributed by atoms with E-state index >= 15 is 0 Å². The molecule has 4 nitrogen and oxygen atoms in total. The van der Waals surface area contributed by atoms with Gasteiger partial charge in [0.2, 0.25) is 5.91 Å². The largest absolute Gasteiger partial charge is 0.274 e. The van der Waals surface area contributed by atoms with E-state index in [1.54, 1.807) is 4.90 Å². The summed E-state index contributed by atoms with van der Waals surface area (Å²) in [5.41, 5.74) is 3.38. The first kappa shape index (κ1) is 18.8. The summed E-state index contributed by atoms with van der Waals surface area (Å²) in [4.78, 5) is 24.0. The molecule has 0 radical (unpaired) electrons. The Morgan fingerprint density at radius 3 is 2.57 bits per heavy atom. The van der Waals surface area contributed by atoms with E-state index < -0.39 is 0 Å². The van der Waals surface area contributed by atoms with Crippen LogP contribution in [0.3, 0.4) is 0 Å². The molecule has 1 amide bonds. The fourth-order valence-corrected chi connectivity index (χ4v) is 4.60. The van der Waals surface area contributed by atoms with Gasteiger partial charge in [-0.3, -0.25) is 9.69 Å². The highest BCUT2D eigenvalue weighted by Gasteiger charge is 2.22. The minimum atomic E-state index is -0.0662. The molecule has 0 fully saturated rings. The minimum absolute atomic E-state index is 0.0662. The van der Waals surface area contributed by atoms with Gasteiger partial charge in [-0.1, -0.05) is 41.9 Å². The number of aromatic nitrogens is 2.